The number of nitrogens with one attached hydrogen (secondary N) is 1. The lowest BCUT2D eigenvalue weighted by molar-refractivity contribution is 0.534. The van der Waals surface area contributed by atoms with E-state index < -0.39 is 0 Å². The Morgan fingerprint density at radius 1 is 1.27 bits per heavy atom. The predicted octanol–water partition coefficient (Wildman–Crippen LogP) is 3.40. The van der Waals surface area contributed by atoms with E-state index >= 15 is 0 Å². The summed E-state index contributed by atoms with van der Waals surface area (Å²) in [4.78, 5) is 0. The minimum atomic E-state index is 0.581. The summed E-state index contributed by atoms with van der Waals surface area (Å²) in [7, 11) is 0. The Morgan fingerprint density at radius 2 is 2.00 bits per heavy atom. The summed E-state index contributed by atoms with van der Waals surface area (Å²) >= 11 is 4.13. The molecule has 1 aliphatic carbocycles. The third-order valence-corrected chi connectivity index (χ3v) is 5.65. The fourth-order valence-corrected chi connectivity index (χ4v) is 3.81. The predicted molar refractivity (Wildman–Crippen MR) is 75.2 cm³/mol. The van der Waals surface area contributed by atoms with E-state index in [0.717, 1.165) is 0 Å². The molecule has 0 heterocycles. The number of rotatable bonds is 8. The second kappa shape index (κ2) is 7.86. The highest BCUT2D eigenvalue weighted by Gasteiger charge is 2.32. The standard InChI is InChI=1S/C12H25NS2/c1-3-15-10-6-9-13-11-12(14-2)7-4-5-8-12/h13H,3-11H2,1-2H3. The summed E-state index contributed by atoms with van der Waals surface area (Å²) in [6.45, 7) is 4.67. The normalized spacial score (nSPS) is 19.6. The van der Waals surface area contributed by atoms with Crippen LogP contribution < -0.4 is 5.32 Å². The summed E-state index contributed by atoms with van der Waals surface area (Å²) < 4.78 is 0.581. The first-order valence-corrected chi connectivity index (χ1v) is 8.54. The van der Waals surface area contributed by atoms with Crippen molar-refractivity contribution in [2.75, 3.05) is 30.9 Å². The molecule has 1 aliphatic rings. The molecule has 3 heteroatoms. The van der Waals surface area contributed by atoms with Crippen molar-refractivity contribution in [2.24, 2.45) is 0 Å². The van der Waals surface area contributed by atoms with Gasteiger partial charge in [0.1, 0.15) is 0 Å². The zero-order valence-corrected chi connectivity index (χ0v) is 11.8. The van der Waals surface area contributed by atoms with Gasteiger partial charge in [0.15, 0.2) is 0 Å². The van der Waals surface area contributed by atoms with Crippen LogP contribution in [-0.4, -0.2) is 35.6 Å². The second-order valence-electron chi connectivity index (χ2n) is 4.32. The van der Waals surface area contributed by atoms with Crippen LogP contribution in [0.25, 0.3) is 0 Å². The number of hydrogen-bond acceptors (Lipinski definition) is 3. The van der Waals surface area contributed by atoms with Gasteiger partial charge in [0.05, 0.1) is 0 Å². The Kier molecular flexibility index (Phi) is 7.19. The van der Waals surface area contributed by atoms with Crippen molar-refractivity contribution in [3.63, 3.8) is 0 Å². The number of thioether (sulfide) groups is 2. The van der Waals surface area contributed by atoms with Crippen molar-refractivity contribution < 1.29 is 0 Å². The van der Waals surface area contributed by atoms with Gasteiger partial charge >= 0.3 is 0 Å². The van der Waals surface area contributed by atoms with Gasteiger partial charge < -0.3 is 5.32 Å². The van der Waals surface area contributed by atoms with Gasteiger partial charge in [-0.1, -0.05) is 19.8 Å². The Balaban J connectivity index is 2.02. The van der Waals surface area contributed by atoms with E-state index in [1.807, 2.05) is 0 Å². The lowest BCUT2D eigenvalue weighted by Crippen LogP contribution is -2.35. The highest BCUT2D eigenvalue weighted by atomic mass is 32.2. The fourth-order valence-electron chi connectivity index (χ4n) is 2.23. The van der Waals surface area contributed by atoms with Crippen LogP contribution in [0.3, 0.4) is 0 Å². The van der Waals surface area contributed by atoms with Crippen LogP contribution in [0.2, 0.25) is 0 Å². The van der Waals surface area contributed by atoms with Gasteiger partial charge in [0.25, 0.3) is 0 Å². The van der Waals surface area contributed by atoms with Gasteiger partial charge in [-0.3, -0.25) is 0 Å². The largest absolute Gasteiger partial charge is 0.315 e. The molecule has 0 saturated heterocycles. The fraction of sp³-hybridized carbons (Fsp3) is 1.00. The van der Waals surface area contributed by atoms with E-state index in [1.165, 1.54) is 56.7 Å². The zero-order valence-electron chi connectivity index (χ0n) is 10.2. The Hall–Kier alpha value is 0.660. The van der Waals surface area contributed by atoms with Crippen molar-refractivity contribution in [2.45, 2.75) is 43.8 Å². The van der Waals surface area contributed by atoms with Crippen molar-refractivity contribution in [1.82, 2.24) is 5.32 Å². The Bertz CT molecular complexity index is 156. The lowest BCUT2D eigenvalue weighted by atomic mass is 10.1. The molecule has 90 valence electrons. The Labute approximate surface area is 104 Å². The molecule has 0 bridgehead atoms. The first-order chi connectivity index (χ1) is 7.33. The van der Waals surface area contributed by atoms with Crippen LogP contribution in [0.4, 0.5) is 0 Å². The SMILES string of the molecule is CCSCCCNCC1(SC)CCCC1. The maximum atomic E-state index is 3.64. The van der Waals surface area contributed by atoms with E-state index in [1.54, 1.807) is 0 Å². The van der Waals surface area contributed by atoms with Gasteiger partial charge in [-0.25, -0.2) is 0 Å². The third-order valence-electron chi connectivity index (χ3n) is 3.24. The molecule has 0 atom stereocenters. The van der Waals surface area contributed by atoms with Crippen LogP contribution in [-0.2, 0) is 0 Å². The molecule has 0 spiro atoms. The highest BCUT2D eigenvalue weighted by Crippen LogP contribution is 2.39. The van der Waals surface area contributed by atoms with Crippen LogP contribution in [0.1, 0.15) is 39.0 Å². The molecule has 1 fully saturated rings. The van der Waals surface area contributed by atoms with Gasteiger partial charge in [-0.05, 0) is 43.6 Å². The van der Waals surface area contributed by atoms with E-state index in [2.05, 4.69) is 42.0 Å². The summed E-state index contributed by atoms with van der Waals surface area (Å²) in [6, 6.07) is 0. The van der Waals surface area contributed by atoms with Crippen molar-refractivity contribution in [3.05, 3.63) is 0 Å². The molecule has 0 aromatic rings. The molecule has 0 amide bonds. The molecular formula is C12H25NS2. The summed E-state index contributed by atoms with van der Waals surface area (Å²) in [5.41, 5.74) is 0. The van der Waals surface area contributed by atoms with Crippen LogP contribution in [0.15, 0.2) is 0 Å². The third kappa shape index (κ3) is 5.01. The zero-order chi connectivity index (χ0) is 11.0. The average Bonchev–Trinajstić information content (AvgIpc) is 2.73. The molecule has 0 unspecified atom stereocenters. The van der Waals surface area contributed by atoms with E-state index in [0.29, 0.717) is 4.75 Å². The molecule has 1 saturated carbocycles. The molecule has 1 rings (SSSR count). The van der Waals surface area contributed by atoms with E-state index in [4.69, 9.17) is 0 Å². The van der Waals surface area contributed by atoms with Gasteiger partial charge in [0.2, 0.25) is 0 Å². The Morgan fingerprint density at radius 3 is 2.60 bits per heavy atom. The molecule has 1 N–H and O–H groups in total. The van der Waals surface area contributed by atoms with Crippen molar-refractivity contribution >= 4 is 23.5 Å². The minimum absolute atomic E-state index is 0.581. The van der Waals surface area contributed by atoms with Crippen molar-refractivity contribution in [1.29, 1.82) is 0 Å². The van der Waals surface area contributed by atoms with Crippen LogP contribution in [0, 0.1) is 0 Å². The molecule has 0 radical (unpaired) electrons. The average molecular weight is 247 g/mol. The number of hydrogen-bond donors (Lipinski definition) is 1. The first-order valence-electron chi connectivity index (χ1n) is 6.16. The molecular weight excluding hydrogens is 222 g/mol. The van der Waals surface area contributed by atoms with E-state index in [-0.39, 0.29) is 0 Å². The van der Waals surface area contributed by atoms with E-state index in [9.17, 15) is 0 Å². The summed E-state index contributed by atoms with van der Waals surface area (Å²) in [6.07, 6.45) is 9.32. The molecule has 15 heavy (non-hydrogen) atoms. The molecule has 1 nitrogen and oxygen atoms in total. The van der Waals surface area contributed by atoms with Crippen molar-refractivity contribution in [3.8, 4) is 0 Å². The van der Waals surface area contributed by atoms with Gasteiger partial charge in [-0.2, -0.15) is 23.5 Å². The second-order valence-corrected chi connectivity index (χ2v) is 6.99. The van der Waals surface area contributed by atoms with Gasteiger partial charge in [0, 0.05) is 11.3 Å². The summed E-state index contributed by atoms with van der Waals surface area (Å²) in [5, 5.41) is 3.64. The first kappa shape index (κ1) is 13.7. The van der Waals surface area contributed by atoms with Gasteiger partial charge in [-0.15, -0.1) is 0 Å². The molecule has 0 aromatic carbocycles. The summed E-state index contributed by atoms with van der Waals surface area (Å²) in [5.74, 6) is 2.57. The smallest absolute Gasteiger partial charge is 0.0281 e. The molecule has 0 aromatic heterocycles. The maximum absolute atomic E-state index is 3.64. The quantitative estimate of drug-likeness (QED) is 0.660. The lowest BCUT2D eigenvalue weighted by Gasteiger charge is -2.27. The highest BCUT2D eigenvalue weighted by molar-refractivity contribution is 8.00. The maximum Gasteiger partial charge on any atom is 0.0281 e. The van der Waals surface area contributed by atoms with Crippen LogP contribution in [0.5, 0.6) is 0 Å². The van der Waals surface area contributed by atoms with Crippen LogP contribution >= 0.6 is 23.5 Å². The minimum Gasteiger partial charge on any atom is -0.315 e. The monoisotopic (exact) mass is 247 g/mol. The molecule has 0 aliphatic heterocycles. The topological polar surface area (TPSA) is 12.0 Å².